The standard InChI is InChI=1S/C11H14ClN3OS/c1-2-5-15(7-10(13)17)11(16)8-3-4-14-6-9(8)12/h3-4,6H,2,5,7H2,1H3,(H2,13,17). The van der Waals surface area contributed by atoms with E-state index in [0.717, 1.165) is 6.42 Å². The molecule has 2 N–H and O–H groups in total. The van der Waals surface area contributed by atoms with E-state index < -0.39 is 0 Å². The molecule has 1 aromatic heterocycles. The van der Waals surface area contributed by atoms with Crippen molar-refractivity contribution >= 4 is 34.7 Å². The van der Waals surface area contributed by atoms with Gasteiger partial charge >= 0.3 is 0 Å². The number of hydrogen-bond donors (Lipinski definition) is 1. The molecule has 0 aliphatic carbocycles. The number of aromatic nitrogens is 1. The maximum atomic E-state index is 12.2. The molecule has 4 nitrogen and oxygen atoms in total. The molecule has 0 spiro atoms. The molecule has 0 saturated carbocycles. The van der Waals surface area contributed by atoms with Gasteiger partial charge in [0.05, 0.1) is 22.1 Å². The molecule has 0 atom stereocenters. The van der Waals surface area contributed by atoms with Crippen LogP contribution in [-0.4, -0.2) is 33.9 Å². The number of nitrogens with two attached hydrogens (primary N) is 1. The maximum absolute atomic E-state index is 12.2. The highest BCUT2D eigenvalue weighted by atomic mass is 35.5. The van der Waals surface area contributed by atoms with Gasteiger partial charge in [-0.25, -0.2) is 0 Å². The van der Waals surface area contributed by atoms with E-state index in [9.17, 15) is 4.79 Å². The summed E-state index contributed by atoms with van der Waals surface area (Å²) in [5.74, 6) is -0.174. The second kappa shape index (κ2) is 6.51. The largest absolute Gasteiger partial charge is 0.392 e. The molecule has 1 rings (SSSR count). The molecule has 0 aromatic carbocycles. The van der Waals surface area contributed by atoms with Crippen LogP contribution < -0.4 is 5.73 Å². The van der Waals surface area contributed by atoms with Crippen molar-refractivity contribution in [1.82, 2.24) is 9.88 Å². The van der Waals surface area contributed by atoms with E-state index in [2.05, 4.69) is 4.98 Å². The molecule has 0 saturated heterocycles. The summed E-state index contributed by atoms with van der Waals surface area (Å²) in [6.45, 7) is 2.84. The van der Waals surface area contributed by atoms with Crippen LogP contribution in [0.5, 0.6) is 0 Å². The van der Waals surface area contributed by atoms with Gasteiger partial charge in [0.1, 0.15) is 0 Å². The summed E-state index contributed by atoms with van der Waals surface area (Å²) in [5.41, 5.74) is 5.89. The van der Waals surface area contributed by atoms with Crippen LogP contribution in [0, 0.1) is 0 Å². The SMILES string of the molecule is CCCN(CC(N)=S)C(=O)c1ccncc1Cl. The molecule has 0 radical (unpaired) electrons. The molecule has 92 valence electrons. The Morgan fingerprint density at radius 1 is 1.65 bits per heavy atom. The van der Waals surface area contributed by atoms with Crippen LogP contribution >= 0.6 is 23.8 Å². The van der Waals surface area contributed by atoms with E-state index in [4.69, 9.17) is 29.6 Å². The number of carbonyl (C=O) groups excluding carboxylic acids is 1. The summed E-state index contributed by atoms with van der Waals surface area (Å²) in [4.78, 5) is 17.9. The summed E-state index contributed by atoms with van der Waals surface area (Å²) >= 11 is 10.8. The average Bonchev–Trinajstić information content (AvgIpc) is 2.28. The Bertz CT molecular complexity index is 425. The summed E-state index contributed by atoms with van der Waals surface area (Å²) in [7, 11) is 0. The Kier molecular flexibility index (Phi) is 5.31. The van der Waals surface area contributed by atoms with E-state index >= 15 is 0 Å². The molecule has 6 heteroatoms. The fourth-order valence-electron chi connectivity index (χ4n) is 1.43. The van der Waals surface area contributed by atoms with Crippen LogP contribution in [0.15, 0.2) is 18.5 Å². The van der Waals surface area contributed by atoms with Crippen molar-refractivity contribution in [1.29, 1.82) is 0 Å². The predicted molar refractivity (Wildman–Crippen MR) is 72.2 cm³/mol. The summed E-state index contributed by atoms with van der Waals surface area (Å²) in [6.07, 6.45) is 3.81. The quantitative estimate of drug-likeness (QED) is 0.831. The van der Waals surface area contributed by atoms with E-state index in [-0.39, 0.29) is 17.4 Å². The normalized spacial score (nSPS) is 10.0. The van der Waals surface area contributed by atoms with Crippen LogP contribution in [0.25, 0.3) is 0 Å². The van der Waals surface area contributed by atoms with Gasteiger partial charge in [-0.05, 0) is 12.5 Å². The highest BCUT2D eigenvalue weighted by Gasteiger charge is 2.18. The summed E-state index contributed by atoms with van der Waals surface area (Å²) in [5, 5.41) is 0.335. The number of nitrogens with zero attached hydrogens (tertiary/aromatic N) is 2. The molecular formula is C11H14ClN3OS. The molecule has 0 aliphatic heterocycles. The second-order valence-corrected chi connectivity index (χ2v) is 4.48. The van der Waals surface area contributed by atoms with Crippen LogP contribution in [0.3, 0.4) is 0 Å². The van der Waals surface area contributed by atoms with Crippen molar-refractivity contribution in [3.8, 4) is 0 Å². The molecule has 0 bridgehead atoms. The molecule has 0 fully saturated rings. The Morgan fingerprint density at radius 3 is 2.88 bits per heavy atom. The first-order valence-corrected chi connectivity index (χ1v) is 6.02. The van der Waals surface area contributed by atoms with Crippen molar-refractivity contribution in [2.24, 2.45) is 5.73 Å². The third kappa shape index (κ3) is 3.94. The van der Waals surface area contributed by atoms with Gasteiger partial charge in [0.25, 0.3) is 5.91 Å². The third-order valence-electron chi connectivity index (χ3n) is 2.13. The van der Waals surface area contributed by atoms with Crippen molar-refractivity contribution in [2.45, 2.75) is 13.3 Å². The second-order valence-electron chi connectivity index (χ2n) is 3.55. The molecule has 0 unspecified atom stereocenters. The number of hydrogen-bond acceptors (Lipinski definition) is 3. The van der Waals surface area contributed by atoms with Crippen molar-refractivity contribution < 1.29 is 4.79 Å². The minimum Gasteiger partial charge on any atom is -0.392 e. The Hall–Kier alpha value is -1.20. The summed E-state index contributed by atoms with van der Waals surface area (Å²) in [6, 6.07) is 1.59. The first kappa shape index (κ1) is 13.9. The lowest BCUT2D eigenvalue weighted by molar-refractivity contribution is 0.0780. The monoisotopic (exact) mass is 271 g/mol. The Balaban J connectivity index is 2.91. The van der Waals surface area contributed by atoms with Crippen molar-refractivity contribution in [2.75, 3.05) is 13.1 Å². The van der Waals surface area contributed by atoms with Crippen LogP contribution in [-0.2, 0) is 0 Å². The minimum atomic E-state index is -0.174. The molecule has 17 heavy (non-hydrogen) atoms. The van der Waals surface area contributed by atoms with Gasteiger partial charge in [-0.15, -0.1) is 0 Å². The van der Waals surface area contributed by atoms with Crippen LogP contribution in [0.2, 0.25) is 5.02 Å². The van der Waals surface area contributed by atoms with E-state index in [1.54, 1.807) is 11.0 Å². The zero-order chi connectivity index (χ0) is 12.8. The number of carbonyl (C=O) groups is 1. The fraction of sp³-hybridized carbons (Fsp3) is 0.364. The lowest BCUT2D eigenvalue weighted by Gasteiger charge is -2.21. The summed E-state index contributed by atoms with van der Waals surface area (Å²) < 4.78 is 0. The molecule has 1 aromatic rings. The minimum absolute atomic E-state index is 0.174. The zero-order valence-corrected chi connectivity index (χ0v) is 11.1. The lowest BCUT2D eigenvalue weighted by atomic mass is 10.2. The molecular weight excluding hydrogens is 258 g/mol. The Labute approximate surface area is 111 Å². The zero-order valence-electron chi connectivity index (χ0n) is 9.52. The van der Waals surface area contributed by atoms with Crippen molar-refractivity contribution in [3.63, 3.8) is 0 Å². The Morgan fingerprint density at radius 2 is 2.35 bits per heavy atom. The lowest BCUT2D eigenvalue weighted by Crippen LogP contribution is -2.38. The highest BCUT2D eigenvalue weighted by molar-refractivity contribution is 7.80. The van der Waals surface area contributed by atoms with Gasteiger partial charge in [-0.2, -0.15) is 0 Å². The number of rotatable bonds is 5. The van der Waals surface area contributed by atoms with Gasteiger partial charge in [0.15, 0.2) is 0 Å². The topological polar surface area (TPSA) is 59.2 Å². The molecule has 1 heterocycles. The van der Waals surface area contributed by atoms with Crippen LogP contribution in [0.1, 0.15) is 23.7 Å². The average molecular weight is 272 g/mol. The van der Waals surface area contributed by atoms with Gasteiger partial charge < -0.3 is 10.6 Å². The smallest absolute Gasteiger partial charge is 0.255 e. The van der Waals surface area contributed by atoms with Gasteiger partial charge in [-0.3, -0.25) is 9.78 Å². The number of thiocarbonyl (C=S) groups is 1. The van der Waals surface area contributed by atoms with Gasteiger partial charge in [0, 0.05) is 18.9 Å². The van der Waals surface area contributed by atoms with Gasteiger partial charge in [-0.1, -0.05) is 30.7 Å². The van der Waals surface area contributed by atoms with E-state index in [0.29, 0.717) is 17.1 Å². The number of amides is 1. The van der Waals surface area contributed by atoms with E-state index in [1.807, 2.05) is 6.92 Å². The molecule has 1 amide bonds. The third-order valence-corrected chi connectivity index (χ3v) is 2.56. The first-order valence-electron chi connectivity index (χ1n) is 5.23. The fourth-order valence-corrected chi connectivity index (χ4v) is 1.79. The highest BCUT2D eigenvalue weighted by Crippen LogP contribution is 2.15. The molecule has 0 aliphatic rings. The number of halogens is 1. The maximum Gasteiger partial charge on any atom is 0.255 e. The first-order chi connectivity index (χ1) is 8.06. The predicted octanol–water partition coefficient (Wildman–Crippen LogP) is 1.87. The number of pyridine rings is 1. The van der Waals surface area contributed by atoms with Crippen molar-refractivity contribution in [3.05, 3.63) is 29.0 Å². The van der Waals surface area contributed by atoms with E-state index in [1.165, 1.54) is 12.4 Å². The van der Waals surface area contributed by atoms with Gasteiger partial charge in [0.2, 0.25) is 0 Å². The van der Waals surface area contributed by atoms with Crippen LogP contribution in [0.4, 0.5) is 0 Å².